The lowest BCUT2D eigenvalue weighted by atomic mass is 9.85. The molecule has 3 fully saturated rings. The van der Waals surface area contributed by atoms with E-state index < -0.39 is 39.9 Å². The van der Waals surface area contributed by atoms with Crippen LogP contribution < -0.4 is 25.7 Å². The number of ether oxygens (including phenoxy) is 1. The molecule has 2 saturated carbocycles. The number of aromatic nitrogens is 2. The van der Waals surface area contributed by atoms with Crippen LogP contribution in [-0.4, -0.2) is 73.3 Å². The second-order valence-corrected chi connectivity index (χ2v) is 18.5. The molecule has 0 bridgehead atoms. The Bertz CT molecular complexity index is 2470. The Morgan fingerprint density at radius 2 is 1.75 bits per heavy atom. The Balaban J connectivity index is 0.000000317. The molecule has 4 heterocycles. The Morgan fingerprint density at radius 1 is 1.07 bits per heavy atom. The number of likely N-dealkylation sites (tertiary alicyclic amines) is 1. The van der Waals surface area contributed by atoms with Crippen molar-refractivity contribution in [3.05, 3.63) is 87.6 Å². The lowest BCUT2D eigenvalue weighted by Gasteiger charge is -2.35. The average molecular weight is 896 g/mol. The van der Waals surface area contributed by atoms with Crippen molar-refractivity contribution in [1.29, 1.82) is 0 Å². The Morgan fingerprint density at radius 3 is 2.40 bits per heavy atom. The van der Waals surface area contributed by atoms with Crippen molar-refractivity contribution in [2.45, 2.75) is 82.2 Å². The fraction of sp³-hybridized carbons (Fsp3) is 0.372. The van der Waals surface area contributed by atoms with Gasteiger partial charge in [-0.2, -0.15) is 0 Å². The normalized spacial score (nSPS) is 17.3. The molecule has 3 aromatic heterocycles. The molecule has 1 saturated heterocycles. The number of pyridine rings is 1. The first-order valence-corrected chi connectivity index (χ1v) is 21.9. The number of terminal acetylenes is 1. The van der Waals surface area contributed by atoms with E-state index in [1.165, 1.54) is 11.3 Å². The number of methoxy groups -OCH3 is 1. The van der Waals surface area contributed by atoms with Crippen molar-refractivity contribution in [2.75, 3.05) is 19.0 Å². The van der Waals surface area contributed by atoms with Crippen LogP contribution in [-0.2, 0) is 25.4 Å². The van der Waals surface area contributed by atoms with Crippen molar-refractivity contribution < 1.29 is 27.7 Å². The molecule has 3 aliphatic rings. The zero-order valence-electron chi connectivity index (χ0n) is 33.8. The summed E-state index contributed by atoms with van der Waals surface area (Å²) in [6.45, 7) is 12.3. The average Bonchev–Trinajstić information content (AvgIpc) is 4.06. The fourth-order valence-electron chi connectivity index (χ4n) is 6.62. The van der Waals surface area contributed by atoms with E-state index in [4.69, 9.17) is 37.3 Å². The van der Waals surface area contributed by atoms with E-state index >= 15 is 0 Å². The minimum absolute atomic E-state index is 0.0111. The number of carbonyl (C=O) groups is 3. The molecule has 5 aromatic rings. The SMILES string of the molecule is C#C.C=C.CC(C)(C)[C@H](Nc1nc(-c2cc3cc(Cl)ccc3o2)cs1)C(=O)N1CCC[C@H]1C(=O)NC1(C(=O)NS(=O)C2CC2)CC1.COc1c[nH]c(=O)c2cc(Cl)ccc12. The zero-order chi connectivity index (χ0) is 43.9. The van der Waals surface area contributed by atoms with Crippen LogP contribution in [0.25, 0.3) is 33.2 Å². The lowest BCUT2D eigenvalue weighted by Crippen LogP contribution is -2.57. The number of benzene rings is 2. The van der Waals surface area contributed by atoms with Crippen molar-refractivity contribution >= 4 is 90.1 Å². The molecule has 13 nitrogen and oxygen atoms in total. The molecule has 3 atom stereocenters. The number of halogens is 2. The smallest absolute Gasteiger partial charge is 0.257 e. The van der Waals surface area contributed by atoms with Crippen molar-refractivity contribution in [3.8, 4) is 30.1 Å². The molecule has 60 heavy (non-hydrogen) atoms. The van der Waals surface area contributed by atoms with Gasteiger partial charge in [-0.25, -0.2) is 9.19 Å². The van der Waals surface area contributed by atoms with Gasteiger partial charge < -0.3 is 29.7 Å². The second-order valence-electron chi connectivity index (χ2n) is 15.3. The highest BCUT2D eigenvalue weighted by Gasteiger charge is 2.54. The third-order valence-electron chi connectivity index (χ3n) is 10.1. The molecule has 1 unspecified atom stereocenters. The number of nitrogens with zero attached hydrogens (tertiary/aromatic N) is 2. The van der Waals surface area contributed by atoms with Crippen LogP contribution in [0, 0.1) is 18.3 Å². The van der Waals surface area contributed by atoms with Crippen LogP contribution >= 0.6 is 34.5 Å². The van der Waals surface area contributed by atoms with Crippen molar-refractivity contribution in [1.82, 2.24) is 24.9 Å². The maximum Gasteiger partial charge on any atom is 0.257 e. The number of amides is 3. The van der Waals surface area contributed by atoms with Crippen LogP contribution in [0.15, 0.2) is 76.4 Å². The minimum atomic E-state index is -1.42. The largest absolute Gasteiger partial charge is 0.495 e. The highest BCUT2D eigenvalue weighted by molar-refractivity contribution is 7.84. The molecule has 8 rings (SSSR count). The van der Waals surface area contributed by atoms with E-state index in [-0.39, 0.29) is 22.6 Å². The lowest BCUT2D eigenvalue weighted by molar-refractivity contribution is -0.141. The number of thiazole rings is 1. The summed E-state index contributed by atoms with van der Waals surface area (Å²) in [7, 11) is 0.137. The number of nitrogens with one attached hydrogen (secondary N) is 4. The molecule has 2 aromatic carbocycles. The topological polar surface area (TPSA) is 176 Å². The zero-order valence-corrected chi connectivity index (χ0v) is 36.9. The summed E-state index contributed by atoms with van der Waals surface area (Å²) in [6, 6.07) is 11.1. The maximum absolute atomic E-state index is 14.0. The Kier molecular flexibility index (Phi) is 14.9. The Labute approximate surface area is 365 Å². The van der Waals surface area contributed by atoms with Gasteiger partial charge in [0, 0.05) is 38.9 Å². The molecule has 3 amide bonds. The number of hydrogen-bond acceptors (Lipinski definition) is 10. The van der Waals surface area contributed by atoms with Gasteiger partial charge in [0.2, 0.25) is 11.8 Å². The molecule has 1 aliphatic heterocycles. The number of hydrogen-bond donors (Lipinski definition) is 4. The molecule has 0 radical (unpaired) electrons. The number of fused-ring (bicyclic) bond motifs is 2. The number of furan rings is 1. The van der Waals surface area contributed by atoms with Gasteiger partial charge in [-0.05, 0) is 86.4 Å². The summed E-state index contributed by atoms with van der Waals surface area (Å²) >= 11 is 13.3. The van der Waals surface area contributed by atoms with E-state index in [0.717, 1.165) is 23.6 Å². The molecule has 2 aliphatic carbocycles. The van der Waals surface area contributed by atoms with Crippen LogP contribution in [0.1, 0.15) is 59.3 Å². The van der Waals surface area contributed by atoms with Crippen molar-refractivity contribution in [3.63, 3.8) is 0 Å². The maximum atomic E-state index is 14.0. The van der Waals surface area contributed by atoms with Crippen LogP contribution in [0.5, 0.6) is 5.75 Å². The summed E-state index contributed by atoms with van der Waals surface area (Å²) in [5.41, 5.74) is -0.348. The highest BCUT2D eigenvalue weighted by Crippen LogP contribution is 2.38. The fourth-order valence-corrected chi connectivity index (χ4v) is 8.81. The first-order chi connectivity index (χ1) is 28.7. The Hall–Kier alpha value is -5.14. The highest BCUT2D eigenvalue weighted by atomic mass is 35.5. The number of rotatable bonds is 10. The predicted octanol–water partition coefficient (Wildman–Crippen LogP) is 7.86. The van der Waals surface area contributed by atoms with E-state index in [0.29, 0.717) is 75.6 Å². The van der Waals surface area contributed by atoms with Gasteiger partial charge in [-0.3, -0.25) is 23.9 Å². The predicted molar refractivity (Wildman–Crippen MR) is 241 cm³/mol. The molecule has 318 valence electrons. The molecule has 0 spiro atoms. The van der Waals surface area contributed by atoms with E-state index in [2.05, 4.69) is 46.3 Å². The minimum Gasteiger partial charge on any atom is -0.495 e. The van der Waals surface area contributed by atoms with Gasteiger partial charge in [-0.15, -0.1) is 37.3 Å². The van der Waals surface area contributed by atoms with Gasteiger partial charge in [0.15, 0.2) is 10.9 Å². The summed E-state index contributed by atoms with van der Waals surface area (Å²) in [6.07, 6.45) is 13.4. The number of aromatic amines is 1. The standard InChI is InChI=1S/C29H34ClN5O5S2.C10H8ClNO2.C2H4.C2H2/c1-28(2,3)23(32-27-31-19(15-41-27)22-14-16-13-17(30)6-9-21(16)40-22)25(37)35-12-4-5-20(35)24(36)33-29(10-11-29)26(38)34-42(39)18-7-8-18;1-14-9-5-12-10(13)8-4-6(11)2-3-7(8)9;2*1-2/h6,9,13-15,18,20,23H,4-5,7-8,10-12H2,1-3H3,(H,31,32)(H,33,36)(H,34,38);2-5H,1H3,(H,12,13);1-2H2;1-2H/t20-,23+,42?;;;/m0.../s1. The summed E-state index contributed by atoms with van der Waals surface area (Å²) in [5.74, 6) is 0.291. The van der Waals surface area contributed by atoms with Crippen LogP contribution in [0.4, 0.5) is 5.13 Å². The second kappa shape index (κ2) is 19.5. The summed E-state index contributed by atoms with van der Waals surface area (Å²) in [4.78, 5) is 60.6. The van der Waals surface area contributed by atoms with Crippen LogP contribution in [0.3, 0.4) is 0 Å². The van der Waals surface area contributed by atoms with E-state index in [1.54, 1.807) is 42.5 Å². The van der Waals surface area contributed by atoms with Crippen molar-refractivity contribution in [2.24, 2.45) is 5.41 Å². The molecule has 4 N–H and O–H groups in total. The quantitative estimate of drug-likeness (QED) is 0.0804. The van der Waals surface area contributed by atoms with Crippen LogP contribution in [0.2, 0.25) is 10.0 Å². The molecule has 17 heteroatoms. The van der Waals surface area contributed by atoms with Gasteiger partial charge in [-0.1, -0.05) is 44.0 Å². The first kappa shape index (κ1) is 45.9. The van der Waals surface area contributed by atoms with Gasteiger partial charge in [0.25, 0.3) is 11.5 Å². The van der Waals surface area contributed by atoms with Gasteiger partial charge in [0.1, 0.15) is 45.6 Å². The molecular weight excluding hydrogens is 848 g/mol. The number of carbonyl (C=O) groups excluding carboxylic acids is 3. The van der Waals surface area contributed by atoms with E-state index in [9.17, 15) is 23.4 Å². The summed E-state index contributed by atoms with van der Waals surface area (Å²) < 4.78 is 25.9. The van der Waals surface area contributed by atoms with Gasteiger partial charge >= 0.3 is 0 Å². The third kappa shape index (κ3) is 10.6. The molecular formula is C43H48Cl2N6O7S2. The van der Waals surface area contributed by atoms with E-state index in [1.807, 2.05) is 44.4 Å². The van der Waals surface area contributed by atoms with Gasteiger partial charge in [0.05, 0.1) is 17.7 Å². The monoisotopic (exact) mass is 894 g/mol. The first-order valence-electron chi connectivity index (χ1n) is 19.1. The third-order valence-corrected chi connectivity index (χ3v) is 12.8. The number of H-pyrrole nitrogens is 1. The number of anilines is 1. The summed E-state index contributed by atoms with van der Waals surface area (Å²) in [5, 5.41) is 12.0.